The summed E-state index contributed by atoms with van der Waals surface area (Å²) in [6.07, 6.45) is 7.73. The van der Waals surface area contributed by atoms with Gasteiger partial charge in [0.2, 0.25) is 0 Å². The highest BCUT2D eigenvalue weighted by Gasteiger charge is 2.32. The van der Waals surface area contributed by atoms with Crippen molar-refractivity contribution in [2.24, 2.45) is 10.7 Å². The minimum atomic E-state index is -0.148. The van der Waals surface area contributed by atoms with E-state index in [1.165, 1.54) is 19.3 Å². The van der Waals surface area contributed by atoms with Gasteiger partial charge in [0.1, 0.15) is 0 Å². The minimum absolute atomic E-state index is 0.148. The second kappa shape index (κ2) is 9.12. The van der Waals surface area contributed by atoms with Crippen LogP contribution in [0.25, 0.3) is 0 Å². The fourth-order valence-electron chi connectivity index (χ4n) is 3.52. The lowest BCUT2D eigenvalue weighted by molar-refractivity contribution is -0.0624. The number of benzene rings is 1. The normalized spacial score (nSPS) is 19.7. The summed E-state index contributed by atoms with van der Waals surface area (Å²) in [4.78, 5) is 4.59. The van der Waals surface area contributed by atoms with Crippen LogP contribution in [0.5, 0.6) is 11.5 Å². The lowest BCUT2D eigenvalue weighted by Crippen LogP contribution is -2.39. The van der Waals surface area contributed by atoms with Crippen molar-refractivity contribution >= 4 is 11.6 Å². The van der Waals surface area contributed by atoms with E-state index in [2.05, 4.69) is 17.2 Å². The topological polar surface area (TPSA) is 78.1 Å². The molecule has 0 radical (unpaired) electrons. The van der Waals surface area contributed by atoms with Crippen LogP contribution in [-0.2, 0) is 4.74 Å². The van der Waals surface area contributed by atoms with Crippen LogP contribution < -0.4 is 20.5 Å². The SMILES string of the molecule is CCCOC1(CN=C(N)Nc2ccc3c(c2)OCCCO3)CCCCC1. The molecule has 1 saturated carbocycles. The molecule has 0 atom stereocenters. The highest BCUT2D eigenvalue weighted by Crippen LogP contribution is 2.33. The Morgan fingerprint density at radius 3 is 2.69 bits per heavy atom. The number of guanidine groups is 1. The Kier molecular flexibility index (Phi) is 6.61. The monoisotopic (exact) mass is 361 g/mol. The van der Waals surface area contributed by atoms with E-state index >= 15 is 0 Å². The summed E-state index contributed by atoms with van der Waals surface area (Å²) in [5.41, 5.74) is 6.83. The zero-order valence-electron chi connectivity index (χ0n) is 15.8. The number of rotatable bonds is 6. The van der Waals surface area contributed by atoms with Crippen molar-refractivity contribution in [3.63, 3.8) is 0 Å². The maximum Gasteiger partial charge on any atom is 0.193 e. The van der Waals surface area contributed by atoms with E-state index in [9.17, 15) is 0 Å². The van der Waals surface area contributed by atoms with Gasteiger partial charge < -0.3 is 25.3 Å². The van der Waals surface area contributed by atoms with E-state index in [4.69, 9.17) is 19.9 Å². The molecule has 1 aromatic carbocycles. The van der Waals surface area contributed by atoms with Gasteiger partial charge in [0.15, 0.2) is 17.5 Å². The van der Waals surface area contributed by atoms with Gasteiger partial charge in [0.25, 0.3) is 0 Å². The van der Waals surface area contributed by atoms with Crippen LogP contribution in [0.15, 0.2) is 23.2 Å². The molecule has 0 aromatic heterocycles. The number of hydrogen-bond acceptors (Lipinski definition) is 4. The van der Waals surface area contributed by atoms with Gasteiger partial charge in [0.05, 0.1) is 25.4 Å². The van der Waals surface area contributed by atoms with Gasteiger partial charge in [-0.05, 0) is 31.4 Å². The van der Waals surface area contributed by atoms with Gasteiger partial charge in [-0.2, -0.15) is 0 Å². The number of hydrogen-bond donors (Lipinski definition) is 2. The molecule has 0 saturated heterocycles. The predicted octanol–water partition coefficient (Wildman–Crippen LogP) is 3.70. The Morgan fingerprint density at radius 2 is 1.92 bits per heavy atom. The lowest BCUT2D eigenvalue weighted by Gasteiger charge is -2.36. The van der Waals surface area contributed by atoms with Gasteiger partial charge >= 0.3 is 0 Å². The molecule has 2 aliphatic rings. The predicted molar refractivity (Wildman–Crippen MR) is 104 cm³/mol. The molecule has 6 nitrogen and oxygen atoms in total. The highest BCUT2D eigenvalue weighted by atomic mass is 16.5. The molecular weight excluding hydrogens is 330 g/mol. The molecule has 0 spiro atoms. The number of fused-ring (bicyclic) bond motifs is 1. The van der Waals surface area contributed by atoms with Gasteiger partial charge in [-0.25, -0.2) is 0 Å². The number of ether oxygens (including phenoxy) is 3. The molecule has 0 unspecified atom stereocenters. The molecule has 144 valence electrons. The van der Waals surface area contributed by atoms with Gasteiger partial charge in [-0.15, -0.1) is 0 Å². The minimum Gasteiger partial charge on any atom is -0.490 e. The second-order valence-corrected chi connectivity index (χ2v) is 7.13. The Balaban J connectivity index is 1.63. The molecule has 0 amide bonds. The van der Waals surface area contributed by atoms with Crippen molar-refractivity contribution in [3.05, 3.63) is 18.2 Å². The van der Waals surface area contributed by atoms with Gasteiger partial charge in [0, 0.05) is 24.8 Å². The van der Waals surface area contributed by atoms with E-state index in [0.717, 1.165) is 49.5 Å². The van der Waals surface area contributed by atoms with E-state index in [1.54, 1.807) is 0 Å². The zero-order chi connectivity index (χ0) is 18.2. The molecule has 1 aliphatic carbocycles. The van der Waals surface area contributed by atoms with Crippen LogP contribution in [0.4, 0.5) is 5.69 Å². The molecular formula is C20H31N3O3. The maximum atomic E-state index is 6.18. The van der Waals surface area contributed by atoms with E-state index in [0.29, 0.717) is 25.7 Å². The number of nitrogens with zero attached hydrogens (tertiary/aromatic N) is 1. The Labute approximate surface area is 156 Å². The van der Waals surface area contributed by atoms with Crippen LogP contribution in [0, 0.1) is 0 Å². The number of aliphatic imine (C=N–C) groups is 1. The summed E-state index contributed by atoms with van der Waals surface area (Å²) in [6, 6.07) is 5.75. The first-order chi connectivity index (χ1) is 12.7. The molecule has 6 heteroatoms. The Morgan fingerprint density at radius 1 is 1.15 bits per heavy atom. The Bertz CT molecular complexity index is 612. The summed E-state index contributed by atoms with van der Waals surface area (Å²) in [5, 5.41) is 3.16. The summed E-state index contributed by atoms with van der Waals surface area (Å²) >= 11 is 0. The molecule has 1 aliphatic heterocycles. The summed E-state index contributed by atoms with van der Waals surface area (Å²) < 4.78 is 17.6. The number of nitrogens with two attached hydrogens (primary N) is 1. The molecule has 3 N–H and O–H groups in total. The maximum absolute atomic E-state index is 6.18. The van der Waals surface area contributed by atoms with Crippen molar-refractivity contribution < 1.29 is 14.2 Å². The van der Waals surface area contributed by atoms with Crippen molar-refractivity contribution in [2.45, 2.75) is 57.5 Å². The summed E-state index contributed by atoms with van der Waals surface area (Å²) in [5.74, 6) is 1.93. The van der Waals surface area contributed by atoms with Crippen molar-refractivity contribution in [2.75, 3.05) is 31.7 Å². The fraction of sp³-hybridized carbons (Fsp3) is 0.650. The first kappa shape index (κ1) is 18.8. The third kappa shape index (κ3) is 5.04. The smallest absolute Gasteiger partial charge is 0.193 e. The second-order valence-electron chi connectivity index (χ2n) is 7.13. The van der Waals surface area contributed by atoms with Crippen LogP contribution in [-0.4, -0.2) is 37.9 Å². The summed E-state index contributed by atoms with van der Waals surface area (Å²) in [6.45, 7) is 4.88. The molecule has 26 heavy (non-hydrogen) atoms. The fourth-order valence-corrected chi connectivity index (χ4v) is 3.52. The Hall–Kier alpha value is -1.95. The number of nitrogens with one attached hydrogen (secondary N) is 1. The van der Waals surface area contributed by atoms with Crippen molar-refractivity contribution in [1.29, 1.82) is 0 Å². The molecule has 1 heterocycles. The van der Waals surface area contributed by atoms with E-state index < -0.39 is 0 Å². The standard InChI is InChI=1S/C20H31N3O3/c1-2-11-26-20(9-4-3-5-10-20)15-22-19(21)23-16-7-8-17-18(14-16)25-13-6-12-24-17/h7-8,14H,2-6,9-13,15H2,1H3,(H3,21,22,23). The van der Waals surface area contributed by atoms with Crippen molar-refractivity contribution in [1.82, 2.24) is 0 Å². The van der Waals surface area contributed by atoms with Crippen LogP contribution in [0.1, 0.15) is 51.9 Å². The highest BCUT2D eigenvalue weighted by molar-refractivity contribution is 5.92. The lowest BCUT2D eigenvalue weighted by atomic mass is 9.84. The van der Waals surface area contributed by atoms with E-state index in [-0.39, 0.29) is 5.60 Å². The van der Waals surface area contributed by atoms with Gasteiger partial charge in [-0.3, -0.25) is 4.99 Å². The van der Waals surface area contributed by atoms with E-state index in [1.807, 2.05) is 18.2 Å². The van der Waals surface area contributed by atoms with Gasteiger partial charge in [-0.1, -0.05) is 26.2 Å². The molecule has 1 fully saturated rings. The summed E-state index contributed by atoms with van der Waals surface area (Å²) in [7, 11) is 0. The molecule has 3 rings (SSSR count). The van der Waals surface area contributed by atoms with Crippen molar-refractivity contribution in [3.8, 4) is 11.5 Å². The van der Waals surface area contributed by atoms with Crippen LogP contribution >= 0.6 is 0 Å². The zero-order valence-corrected chi connectivity index (χ0v) is 15.8. The molecule has 0 bridgehead atoms. The average Bonchev–Trinajstić information content (AvgIpc) is 2.91. The van der Waals surface area contributed by atoms with Crippen LogP contribution in [0.3, 0.4) is 0 Å². The quantitative estimate of drug-likeness (QED) is 0.597. The largest absolute Gasteiger partial charge is 0.490 e. The first-order valence-corrected chi connectivity index (χ1v) is 9.81. The first-order valence-electron chi connectivity index (χ1n) is 9.81. The van der Waals surface area contributed by atoms with Crippen LogP contribution in [0.2, 0.25) is 0 Å². The molecule has 1 aromatic rings. The number of anilines is 1. The average molecular weight is 361 g/mol. The third-order valence-corrected chi connectivity index (χ3v) is 4.93. The third-order valence-electron chi connectivity index (χ3n) is 4.93.